The van der Waals surface area contributed by atoms with E-state index in [0.717, 1.165) is 38.0 Å². The second-order valence-electron chi connectivity index (χ2n) is 6.03. The summed E-state index contributed by atoms with van der Waals surface area (Å²) in [5.74, 6) is 1.85. The van der Waals surface area contributed by atoms with Gasteiger partial charge in [-0.25, -0.2) is 8.51 Å². The van der Waals surface area contributed by atoms with Crippen LogP contribution in [0.2, 0.25) is 0 Å². The van der Waals surface area contributed by atoms with Gasteiger partial charge < -0.3 is 9.47 Å². The van der Waals surface area contributed by atoms with E-state index in [1.165, 1.54) is 0 Å². The number of benzene rings is 1. The quantitative estimate of drug-likeness (QED) is 0.732. The van der Waals surface area contributed by atoms with Crippen molar-refractivity contribution in [2.24, 2.45) is 5.92 Å². The SMILES string of the molecule is COc1ccc2c(c1)OCCCC/C=C/C[C@@H](C)CN(C)S2=O. The Morgan fingerprint density at radius 1 is 1.30 bits per heavy atom. The maximum atomic E-state index is 12.8. The van der Waals surface area contributed by atoms with E-state index in [-0.39, 0.29) is 0 Å². The zero-order valence-electron chi connectivity index (χ0n) is 14.3. The zero-order valence-corrected chi connectivity index (χ0v) is 15.1. The van der Waals surface area contributed by atoms with E-state index < -0.39 is 11.0 Å². The molecule has 1 aliphatic rings. The maximum absolute atomic E-state index is 12.8. The van der Waals surface area contributed by atoms with Crippen LogP contribution in [0.15, 0.2) is 35.2 Å². The molecule has 2 rings (SSSR count). The van der Waals surface area contributed by atoms with Gasteiger partial charge in [0.2, 0.25) is 0 Å². The molecule has 0 saturated carbocycles. The van der Waals surface area contributed by atoms with Crippen LogP contribution in [0.1, 0.15) is 32.6 Å². The first kappa shape index (κ1) is 18.0. The van der Waals surface area contributed by atoms with Gasteiger partial charge in [-0.2, -0.15) is 0 Å². The van der Waals surface area contributed by atoms with Gasteiger partial charge in [0, 0.05) is 19.7 Å². The molecule has 1 aromatic rings. The van der Waals surface area contributed by atoms with Gasteiger partial charge in [0.15, 0.2) is 0 Å². The molecule has 0 N–H and O–H groups in total. The summed E-state index contributed by atoms with van der Waals surface area (Å²) in [5.41, 5.74) is 0. The van der Waals surface area contributed by atoms with Crippen LogP contribution in [0.3, 0.4) is 0 Å². The molecule has 1 unspecified atom stereocenters. The Hall–Kier alpha value is -1.33. The minimum atomic E-state index is -1.23. The van der Waals surface area contributed by atoms with E-state index in [1.54, 1.807) is 7.11 Å². The molecule has 0 radical (unpaired) electrons. The molecule has 5 heteroatoms. The molecule has 0 bridgehead atoms. The van der Waals surface area contributed by atoms with Crippen LogP contribution in [0.25, 0.3) is 0 Å². The third-order valence-corrected chi connectivity index (χ3v) is 5.35. The fraction of sp³-hybridized carbons (Fsp3) is 0.556. The molecule has 128 valence electrons. The topological polar surface area (TPSA) is 38.8 Å². The van der Waals surface area contributed by atoms with E-state index in [2.05, 4.69) is 19.1 Å². The highest BCUT2D eigenvalue weighted by atomic mass is 32.2. The summed E-state index contributed by atoms with van der Waals surface area (Å²) < 4.78 is 25.9. The molecule has 0 amide bonds. The molecule has 0 aliphatic carbocycles. The minimum absolute atomic E-state index is 0.464. The van der Waals surface area contributed by atoms with E-state index >= 15 is 0 Å². The van der Waals surface area contributed by atoms with Crippen molar-refractivity contribution in [1.29, 1.82) is 0 Å². The maximum Gasteiger partial charge on any atom is 0.140 e. The molecule has 0 fully saturated rings. The van der Waals surface area contributed by atoms with Crippen molar-refractivity contribution in [3.05, 3.63) is 30.4 Å². The molecule has 1 aliphatic heterocycles. The molecule has 23 heavy (non-hydrogen) atoms. The lowest BCUT2D eigenvalue weighted by Gasteiger charge is -2.21. The van der Waals surface area contributed by atoms with Crippen molar-refractivity contribution >= 4 is 11.0 Å². The molecule has 4 nitrogen and oxygen atoms in total. The van der Waals surface area contributed by atoms with E-state index in [4.69, 9.17) is 9.47 Å². The average Bonchev–Trinajstić information content (AvgIpc) is 2.55. The number of fused-ring (bicyclic) bond motifs is 1. The second kappa shape index (κ2) is 9.08. The van der Waals surface area contributed by atoms with Crippen LogP contribution in [0, 0.1) is 5.92 Å². The highest BCUT2D eigenvalue weighted by Gasteiger charge is 2.18. The highest BCUT2D eigenvalue weighted by Crippen LogP contribution is 2.29. The van der Waals surface area contributed by atoms with Gasteiger partial charge in [-0.1, -0.05) is 19.1 Å². The molecule has 0 saturated heterocycles. The summed E-state index contributed by atoms with van der Waals surface area (Å²) in [6.45, 7) is 3.60. The predicted molar refractivity (Wildman–Crippen MR) is 94.3 cm³/mol. The van der Waals surface area contributed by atoms with E-state index in [9.17, 15) is 4.21 Å². The molecule has 1 heterocycles. The third-order valence-electron chi connectivity index (χ3n) is 3.92. The summed E-state index contributed by atoms with van der Waals surface area (Å²) in [6, 6.07) is 5.51. The Morgan fingerprint density at radius 3 is 2.91 bits per heavy atom. The van der Waals surface area contributed by atoms with Crippen LogP contribution in [-0.2, 0) is 11.0 Å². The van der Waals surface area contributed by atoms with Crippen LogP contribution in [-0.4, -0.2) is 35.8 Å². The molecular weight excluding hydrogens is 310 g/mol. The molecule has 1 aromatic carbocycles. The first-order valence-electron chi connectivity index (χ1n) is 8.20. The summed E-state index contributed by atoms with van der Waals surface area (Å²) in [5, 5.41) is 0. The molecule has 0 aromatic heterocycles. The van der Waals surface area contributed by atoms with Crippen molar-refractivity contribution in [2.75, 3.05) is 27.3 Å². The number of methoxy groups -OCH3 is 1. The minimum Gasteiger partial charge on any atom is -0.497 e. The number of hydrogen-bond donors (Lipinski definition) is 0. The third kappa shape index (κ3) is 5.36. The number of nitrogens with zero attached hydrogens (tertiary/aromatic N) is 1. The lowest BCUT2D eigenvalue weighted by atomic mass is 10.1. The highest BCUT2D eigenvalue weighted by molar-refractivity contribution is 7.82. The van der Waals surface area contributed by atoms with Crippen molar-refractivity contribution in [3.63, 3.8) is 0 Å². The summed E-state index contributed by atoms with van der Waals surface area (Å²) in [4.78, 5) is 0.716. The normalized spacial score (nSPS) is 25.7. The predicted octanol–water partition coefficient (Wildman–Crippen LogP) is 3.79. The van der Waals surface area contributed by atoms with Gasteiger partial charge in [-0.15, -0.1) is 0 Å². The Kier molecular flexibility index (Phi) is 7.12. The fourth-order valence-corrected chi connectivity index (χ4v) is 3.81. The molecular formula is C18H27NO3S. The van der Waals surface area contributed by atoms with E-state index in [1.807, 2.05) is 29.6 Å². The van der Waals surface area contributed by atoms with E-state index in [0.29, 0.717) is 23.2 Å². The van der Waals surface area contributed by atoms with Crippen LogP contribution in [0.4, 0.5) is 0 Å². The number of allylic oxidation sites excluding steroid dienone is 2. The molecule has 0 spiro atoms. The Labute approximate surface area is 142 Å². The van der Waals surface area contributed by atoms with Gasteiger partial charge in [-0.05, 0) is 43.7 Å². The van der Waals surface area contributed by atoms with Crippen LogP contribution < -0.4 is 9.47 Å². The summed E-state index contributed by atoms with van der Waals surface area (Å²) in [6.07, 6.45) is 8.69. The lowest BCUT2D eigenvalue weighted by Crippen LogP contribution is -2.27. The average molecular weight is 337 g/mol. The second-order valence-corrected chi connectivity index (χ2v) is 7.59. The van der Waals surface area contributed by atoms with Gasteiger partial charge >= 0.3 is 0 Å². The molecule has 2 atom stereocenters. The van der Waals surface area contributed by atoms with Gasteiger partial charge in [-0.3, -0.25) is 0 Å². The Balaban J connectivity index is 2.24. The van der Waals surface area contributed by atoms with Gasteiger partial charge in [0.25, 0.3) is 0 Å². The van der Waals surface area contributed by atoms with Gasteiger partial charge in [0.05, 0.1) is 18.6 Å². The van der Waals surface area contributed by atoms with Crippen molar-refractivity contribution in [3.8, 4) is 11.5 Å². The van der Waals surface area contributed by atoms with Crippen molar-refractivity contribution in [1.82, 2.24) is 4.31 Å². The first-order chi connectivity index (χ1) is 11.1. The smallest absolute Gasteiger partial charge is 0.140 e. The zero-order chi connectivity index (χ0) is 16.7. The number of hydrogen-bond acceptors (Lipinski definition) is 3. The first-order valence-corrected chi connectivity index (χ1v) is 9.31. The number of rotatable bonds is 1. The standard InChI is InChI=1S/C18H27NO3S/c1-15-9-7-5-4-6-8-12-22-17-13-16(21-3)10-11-18(17)23(20)19(2)14-15/h5,7,10-11,13,15H,4,6,8-9,12,14H2,1-3H3/b7-5+/t15-,23?/m1/s1. The van der Waals surface area contributed by atoms with Gasteiger partial charge in [0.1, 0.15) is 22.5 Å². The van der Waals surface area contributed by atoms with Crippen LogP contribution in [0.5, 0.6) is 11.5 Å². The lowest BCUT2D eigenvalue weighted by molar-refractivity contribution is 0.296. The van der Waals surface area contributed by atoms with Crippen LogP contribution >= 0.6 is 0 Å². The summed E-state index contributed by atoms with van der Waals surface area (Å²) >= 11 is 0. The monoisotopic (exact) mass is 337 g/mol. The number of ether oxygens (including phenoxy) is 2. The largest absolute Gasteiger partial charge is 0.497 e. The van der Waals surface area contributed by atoms with Crippen molar-refractivity contribution in [2.45, 2.75) is 37.5 Å². The summed E-state index contributed by atoms with van der Waals surface area (Å²) in [7, 11) is 2.29. The Morgan fingerprint density at radius 2 is 2.13 bits per heavy atom. The van der Waals surface area contributed by atoms with Crippen molar-refractivity contribution < 1.29 is 13.7 Å². The Bertz CT molecular complexity index is 559. The fourth-order valence-electron chi connectivity index (χ4n) is 2.61.